The Morgan fingerprint density at radius 2 is 1.90 bits per heavy atom. The maximum atomic E-state index is 12.7. The number of carbonyl (C=O) groups is 1. The van der Waals surface area contributed by atoms with Crippen LogP contribution < -0.4 is 10.0 Å². The third-order valence-electron chi connectivity index (χ3n) is 4.71. The van der Waals surface area contributed by atoms with Gasteiger partial charge in [-0.2, -0.15) is 4.72 Å². The molecule has 7 nitrogen and oxygen atoms in total. The Balaban J connectivity index is 1.96. The van der Waals surface area contributed by atoms with Crippen LogP contribution in [0.25, 0.3) is 0 Å². The lowest BCUT2D eigenvalue weighted by atomic mass is 10.0. The van der Waals surface area contributed by atoms with E-state index in [1.165, 1.54) is 24.3 Å². The number of nitrogens with one attached hydrogen (secondary N) is 2. The second-order valence-electron chi connectivity index (χ2n) is 8.19. The molecule has 2 N–H and O–H groups in total. The van der Waals surface area contributed by atoms with E-state index in [9.17, 15) is 13.2 Å². The fourth-order valence-corrected chi connectivity index (χ4v) is 4.72. The summed E-state index contributed by atoms with van der Waals surface area (Å²) >= 11 is 5.83. The van der Waals surface area contributed by atoms with Crippen LogP contribution in [0, 0.1) is 11.8 Å². The summed E-state index contributed by atoms with van der Waals surface area (Å²) in [4.78, 5) is 15.1. The summed E-state index contributed by atoms with van der Waals surface area (Å²) < 4.78 is 33.6. The average molecular weight is 446 g/mol. The number of benzene rings is 1. The Bertz CT molecular complexity index is 768. The predicted molar refractivity (Wildman–Crippen MR) is 114 cm³/mol. The number of rotatable bonds is 9. The maximum Gasteiger partial charge on any atom is 0.241 e. The largest absolute Gasteiger partial charge is 0.374 e. The van der Waals surface area contributed by atoms with Crippen LogP contribution in [0.5, 0.6) is 0 Å². The van der Waals surface area contributed by atoms with Crippen molar-refractivity contribution >= 4 is 27.5 Å². The van der Waals surface area contributed by atoms with Crippen molar-refractivity contribution in [1.29, 1.82) is 0 Å². The fraction of sp³-hybridized carbons (Fsp3) is 0.650. The molecule has 1 saturated heterocycles. The van der Waals surface area contributed by atoms with Crippen molar-refractivity contribution in [1.82, 2.24) is 14.9 Å². The van der Waals surface area contributed by atoms with Crippen LogP contribution in [0.4, 0.5) is 0 Å². The molecule has 0 saturated carbocycles. The summed E-state index contributed by atoms with van der Waals surface area (Å²) in [5.74, 6) is -0.0140. The molecule has 1 unspecified atom stereocenters. The highest BCUT2D eigenvalue weighted by Gasteiger charge is 2.29. The monoisotopic (exact) mass is 445 g/mol. The SMILES string of the molecule is CC(C)CN1CCOC(CNC(=O)[C@@H](NS(=O)(=O)c2ccc(Cl)cc2)C(C)C)C1. The lowest BCUT2D eigenvalue weighted by Gasteiger charge is -2.34. The first-order valence-electron chi connectivity index (χ1n) is 9.98. The third kappa shape index (κ3) is 7.53. The van der Waals surface area contributed by atoms with Gasteiger partial charge in [-0.05, 0) is 36.1 Å². The normalized spacial score (nSPS) is 19.5. The predicted octanol–water partition coefficient (Wildman–Crippen LogP) is 2.12. The van der Waals surface area contributed by atoms with Crippen LogP contribution in [0.15, 0.2) is 29.2 Å². The smallest absolute Gasteiger partial charge is 0.241 e. The number of morpholine rings is 1. The Morgan fingerprint density at radius 3 is 2.48 bits per heavy atom. The molecule has 1 amide bonds. The van der Waals surface area contributed by atoms with Gasteiger partial charge in [0.25, 0.3) is 0 Å². The Hall–Kier alpha value is -1.19. The Morgan fingerprint density at radius 1 is 1.24 bits per heavy atom. The van der Waals surface area contributed by atoms with Crippen molar-refractivity contribution < 1.29 is 17.9 Å². The number of sulfonamides is 1. The van der Waals surface area contributed by atoms with Gasteiger partial charge in [0.15, 0.2) is 0 Å². The van der Waals surface area contributed by atoms with Crippen LogP contribution in [-0.2, 0) is 19.6 Å². The fourth-order valence-electron chi connectivity index (χ4n) is 3.25. The van der Waals surface area contributed by atoms with Crippen molar-refractivity contribution in [3.63, 3.8) is 0 Å². The van der Waals surface area contributed by atoms with Gasteiger partial charge in [0, 0.05) is 31.2 Å². The van der Waals surface area contributed by atoms with E-state index in [1.807, 2.05) is 0 Å². The Kier molecular flexibility index (Phi) is 8.91. The zero-order valence-corrected chi connectivity index (χ0v) is 19.1. The van der Waals surface area contributed by atoms with E-state index in [4.69, 9.17) is 16.3 Å². The molecular weight excluding hydrogens is 414 g/mol. The minimum Gasteiger partial charge on any atom is -0.374 e. The summed E-state index contributed by atoms with van der Waals surface area (Å²) in [6.45, 7) is 11.6. The quantitative estimate of drug-likeness (QED) is 0.607. The number of halogens is 1. The molecule has 1 aliphatic heterocycles. The molecule has 29 heavy (non-hydrogen) atoms. The molecule has 0 aliphatic carbocycles. The molecule has 9 heteroatoms. The lowest BCUT2D eigenvalue weighted by molar-refractivity contribution is -0.124. The second-order valence-corrected chi connectivity index (χ2v) is 10.3. The van der Waals surface area contributed by atoms with Crippen molar-refractivity contribution in [2.24, 2.45) is 11.8 Å². The van der Waals surface area contributed by atoms with Gasteiger partial charge < -0.3 is 10.1 Å². The topological polar surface area (TPSA) is 87.7 Å². The molecule has 0 bridgehead atoms. The third-order valence-corrected chi connectivity index (χ3v) is 6.41. The van der Waals surface area contributed by atoms with E-state index >= 15 is 0 Å². The highest BCUT2D eigenvalue weighted by Crippen LogP contribution is 2.16. The number of hydrogen-bond donors (Lipinski definition) is 2. The van der Waals surface area contributed by atoms with E-state index in [0.29, 0.717) is 24.1 Å². The first-order chi connectivity index (χ1) is 13.6. The molecule has 0 radical (unpaired) electrons. The van der Waals surface area contributed by atoms with Gasteiger partial charge in [0.1, 0.15) is 6.04 Å². The molecule has 1 fully saturated rings. The molecule has 1 heterocycles. The molecule has 0 aromatic heterocycles. The highest BCUT2D eigenvalue weighted by atomic mass is 35.5. The highest BCUT2D eigenvalue weighted by molar-refractivity contribution is 7.89. The van der Waals surface area contributed by atoms with E-state index in [2.05, 4.69) is 28.8 Å². The number of nitrogens with zero attached hydrogens (tertiary/aromatic N) is 1. The molecular formula is C20H32ClN3O4S. The molecule has 2 rings (SSSR count). The van der Waals surface area contributed by atoms with E-state index in [0.717, 1.165) is 19.6 Å². The van der Waals surface area contributed by atoms with Crippen LogP contribution in [0.2, 0.25) is 5.02 Å². The molecule has 2 atom stereocenters. The summed E-state index contributed by atoms with van der Waals surface area (Å²) in [6.07, 6.45) is -0.105. The zero-order chi connectivity index (χ0) is 21.6. The molecule has 0 spiro atoms. The molecule has 1 aromatic rings. The van der Waals surface area contributed by atoms with Crippen molar-refractivity contribution in [3.8, 4) is 0 Å². The van der Waals surface area contributed by atoms with Gasteiger partial charge in [0.2, 0.25) is 15.9 Å². The van der Waals surface area contributed by atoms with E-state index in [1.54, 1.807) is 13.8 Å². The lowest BCUT2D eigenvalue weighted by Crippen LogP contribution is -2.53. The van der Waals surface area contributed by atoms with Gasteiger partial charge >= 0.3 is 0 Å². The van der Waals surface area contributed by atoms with Gasteiger partial charge in [-0.25, -0.2) is 8.42 Å². The van der Waals surface area contributed by atoms with E-state index < -0.39 is 16.1 Å². The standard InChI is InChI=1S/C20H32ClN3O4S/c1-14(2)12-24-9-10-28-17(13-24)11-22-20(25)19(15(3)4)23-29(26,27)18-7-5-16(21)6-8-18/h5-8,14-15,17,19,23H,9-13H2,1-4H3,(H,22,25)/t17?,19-/m0/s1. The minimum absolute atomic E-state index is 0.0697. The summed E-state index contributed by atoms with van der Waals surface area (Å²) in [5, 5.41) is 3.30. The van der Waals surface area contributed by atoms with Gasteiger partial charge in [-0.15, -0.1) is 0 Å². The van der Waals surface area contributed by atoms with E-state index in [-0.39, 0.29) is 22.8 Å². The summed E-state index contributed by atoms with van der Waals surface area (Å²) in [6, 6.07) is 4.96. The minimum atomic E-state index is -3.84. The van der Waals surface area contributed by atoms with Gasteiger partial charge in [-0.3, -0.25) is 9.69 Å². The van der Waals surface area contributed by atoms with Crippen molar-refractivity contribution in [3.05, 3.63) is 29.3 Å². The summed E-state index contributed by atoms with van der Waals surface area (Å²) in [7, 11) is -3.84. The molecule has 1 aliphatic rings. The van der Waals surface area contributed by atoms with Crippen LogP contribution in [-0.4, -0.2) is 64.2 Å². The van der Waals surface area contributed by atoms with Crippen LogP contribution >= 0.6 is 11.6 Å². The maximum absolute atomic E-state index is 12.7. The number of amides is 1. The first-order valence-corrected chi connectivity index (χ1v) is 11.8. The van der Waals surface area contributed by atoms with Crippen LogP contribution in [0.3, 0.4) is 0 Å². The van der Waals surface area contributed by atoms with Crippen molar-refractivity contribution in [2.75, 3.05) is 32.8 Å². The Labute approximate surface area is 179 Å². The average Bonchev–Trinajstić information content (AvgIpc) is 2.64. The van der Waals surface area contributed by atoms with Gasteiger partial charge in [-0.1, -0.05) is 39.3 Å². The number of ether oxygens (including phenoxy) is 1. The second kappa shape index (κ2) is 10.7. The van der Waals surface area contributed by atoms with Crippen LogP contribution in [0.1, 0.15) is 27.7 Å². The molecule has 164 valence electrons. The number of hydrogen-bond acceptors (Lipinski definition) is 5. The summed E-state index contributed by atoms with van der Waals surface area (Å²) in [5.41, 5.74) is 0. The van der Waals surface area contributed by atoms with Gasteiger partial charge in [0.05, 0.1) is 17.6 Å². The number of carbonyl (C=O) groups excluding carboxylic acids is 1. The van der Waals surface area contributed by atoms with Crippen molar-refractivity contribution in [2.45, 2.75) is 44.7 Å². The first kappa shape index (κ1) is 24.1. The zero-order valence-electron chi connectivity index (χ0n) is 17.5. The molecule has 1 aromatic carbocycles.